The second-order valence-corrected chi connectivity index (χ2v) is 3.36. The molecule has 2 aromatic rings. The van der Waals surface area contributed by atoms with Gasteiger partial charge in [0.2, 0.25) is 5.69 Å². The van der Waals surface area contributed by atoms with Crippen molar-refractivity contribution in [3.63, 3.8) is 0 Å². The smallest absolute Gasteiger partial charge is 0.342 e. The van der Waals surface area contributed by atoms with E-state index >= 15 is 0 Å². The van der Waals surface area contributed by atoms with Crippen LogP contribution in [0.4, 0.5) is 0 Å². The summed E-state index contributed by atoms with van der Waals surface area (Å²) in [4.78, 5) is 39.5. The molecule has 0 unspecified atom stereocenters. The van der Waals surface area contributed by atoms with E-state index in [1.165, 1.54) is 0 Å². The average Bonchev–Trinajstić information content (AvgIpc) is 2.37. The van der Waals surface area contributed by atoms with Crippen LogP contribution in [0.5, 0.6) is 0 Å². The summed E-state index contributed by atoms with van der Waals surface area (Å²) in [5.41, 5.74) is -1.35. The molecule has 0 saturated heterocycles. The van der Waals surface area contributed by atoms with Crippen LogP contribution >= 0.6 is 0 Å². The number of aromatic nitrogens is 4. The molecule has 0 aliphatic heterocycles. The molecule has 0 atom stereocenters. The highest BCUT2D eigenvalue weighted by atomic mass is 16.2. The summed E-state index contributed by atoms with van der Waals surface area (Å²) in [5, 5.41) is 7.83. The predicted molar refractivity (Wildman–Crippen MR) is 60.9 cm³/mol. The number of carbonyl (C=O) groups is 1. The number of H-pyrrole nitrogens is 2. The van der Waals surface area contributed by atoms with E-state index in [9.17, 15) is 14.4 Å². The Morgan fingerprint density at radius 2 is 2.17 bits per heavy atom. The fourth-order valence-electron chi connectivity index (χ4n) is 1.26. The van der Waals surface area contributed by atoms with Gasteiger partial charge in [-0.15, -0.1) is 0 Å². The van der Waals surface area contributed by atoms with Crippen LogP contribution < -0.4 is 16.6 Å². The van der Waals surface area contributed by atoms with Crippen LogP contribution in [0.15, 0.2) is 34.0 Å². The van der Waals surface area contributed by atoms with Crippen LogP contribution in [-0.4, -0.2) is 26.1 Å². The van der Waals surface area contributed by atoms with E-state index in [4.69, 9.17) is 0 Å². The maximum absolute atomic E-state index is 11.6. The normalized spacial score (nSPS) is 10.0. The van der Waals surface area contributed by atoms with Gasteiger partial charge in [-0.05, 0) is 12.1 Å². The first-order chi connectivity index (χ1) is 8.66. The standard InChI is InChI=1S/C10H9N5O3/c16-8(7-9(17)13-10(18)15-14-7)12-5-6-3-1-2-4-11-6/h1-4H,5H2,(H,12,16)(H2,13,15,17,18). The van der Waals surface area contributed by atoms with E-state index in [2.05, 4.69) is 15.4 Å². The average molecular weight is 247 g/mol. The van der Waals surface area contributed by atoms with Crippen molar-refractivity contribution in [1.82, 2.24) is 25.5 Å². The molecular formula is C10H9N5O3. The molecule has 0 aliphatic rings. The van der Waals surface area contributed by atoms with Gasteiger partial charge < -0.3 is 5.32 Å². The zero-order valence-electron chi connectivity index (χ0n) is 9.14. The Kier molecular flexibility index (Phi) is 3.28. The molecule has 0 radical (unpaired) electrons. The number of nitrogens with one attached hydrogen (secondary N) is 3. The first kappa shape index (κ1) is 11.7. The molecule has 0 bridgehead atoms. The minimum Gasteiger partial charge on any atom is -0.345 e. The molecule has 92 valence electrons. The van der Waals surface area contributed by atoms with E-state index in [0.717, 1.165) is 0 Å². The molecule has 1 amide bonds. The van der Waals surface area contributed by atoms with Gasteiger partial charge >= 0.3 is 5.69 Å². The van der Waals surface area contributed by atoms with Gasteiger partial charge in [0.05, 0.1) is 12.2 Å². The quantitative estimate of drug-likeness (QED) is 0.628. The molecule has 2 heterocycles. The van der Waals surface area contributed by atoms with E-state index in [-0.39, 0.29) is 6.54 Å². The summed E-state index contributed by atoms with van der Waals surface area (Å²) in [6.07, 6.45) is 1.59. The summed E-state index contributed by atoms with van der Waals surface area (Å²) in [5.74, 6) is -0.682. The number of amides is 1. The Balaban J connectivity index is 2.09. The lowest BCUT2D eigenvalue weighted by Gasteiger charge is -2.02. The third-order valence-electron chi connectivity index (χ3n) is 2.08. The lowest BCUT2D eigenvalue weighted by molar-refractivity contribution is 0.0942. The van der Waals surface area contributed by atoms with Gasteiger partial charge in [0.25, 0.3) is 11.5 Å². The van der Waals surface area contributed by atoms with Crippen molar-refractivity contribution >= 4 is 5.91 Å². The van der Waals surface area contributed by atoms with E-state index in [1.54, 1.807) is 24.4 Å². The fraction of sp³-hybridized carbons (Fsp3) is 0.100. The van der Waals surface area contributed by atoms with Gasteiger partial charge in [-0.1, -0.05) is 6.07 Å². The molecule has 2 rings (SSSR count). The van der Waals surface area contributed by atoms with Gasteiger partial charge in [-0.3, -0.25) is 19.6 Å². The number of nitrogens with zero attached hydrogens (tertiary/aromatic N) is 2. The van der Waals surface area contributed by atoms with Crippen molar-refractivity contribution in [3.05, 3.63) is 56.6 Å². The van der Waals surface area contributed by atoms with Gasteiger partial charge in [0.1, 0.15) is 0 Å². The van der Waals surface area contributed by atoms with Crippen molar-refractivity contribution in [2.24, 2.45) is 0 Å². The topological polar surface area (TPSA) is 121 Å². The summed E-state index contributed by atoms with van der Waals surface area (Å²) < 4.78 is 0. The van der Waals surface area contributed by atoms with Gasteiger partial charge in [0.15, 0.2) is 0 Å². The Hall–Kier alpha value is -2.77. The number of aromatic amines is 2. The van der Waals surface area contributed by atoms with Crippen LogP contribution in [0.25, 0.3) is 0 Å². The van der Waals surface area contributed by atoms with Crippen molar-refractivity contribution in [1.29, 1.82) is 0 Å². The minimum absolute atomic E-state index is 0.167. The maximum atomic E-state index is 11.6. The summed E-state index contributed by atoms with van der Waals surface area (Å²) in [6.45, 7) is 0.167. The summed E-state index contributed by atoms with van der Waals surface area (Å²) in [7, 11) is 0. The van der Waals surface area contributed by atoms with Gasteiger partial charge in [-0.25, -0.2) is 9.89 Å². The van der Waals surface area contributed by atoms with Crippen molar-refractivity contribution in [3.8, 4) is 0 Å². The minimum atomic E-state index is -0.836. The van der Waals surface area contributed by atoms with Crippen LogP contribution in [0.2, 0.25) is 0 Å². The second-order valence-electron chi connectivity index (χ2n) is 3.36. The molecule has 0 aliphatic carbocycles. The predicted octanol–water partition coefficient (Wildman–Crippen LogP) is -1.22. The number of hydrogen-bond acceptors (Lipinski definition) is 5. The SMILES string of the molecule is O=C(NCc1ccccn1)c1n[nH]c(=O)[nH]c1=O. The Morgan fingerprint density at radius 1 is 1.33 bits per heavy atom. The van der Waals surface area contributed by atoms with Gasteiger partial charge in [-0.2, -0.15) is 5.10 Å². The Bertz CT molecular complexity index is 661. The molecule has 0 fully saturated rings. The first-order valence-electron chi connectivity index (χ1n) is 5.04. The number of hydrogen-bond donors (Lipinski definition) is 3. The summed E-state index contributed by atoms with van der Waals surface area (Å²) in [6, 6.07) is 5.25. The monoisotopic (exact) mass is 247 g/mol. The maximum Gasteiger partial charge on any atom is 0.342 e. The largest absolute Gasteiger partial charge is 0.345 e. The number of carbonyl (C=O) groups excluding carboxylic acids is 1. The van der Waals surface area contributed by atoms with Crippen LogP contribution in [0, 0.1) is 0 Å². The highest BCUT2D eigenvalue weighted by molar-refractivity contribution is 5.91. The van der Waals surface area contributed by atoms with Crippen molar-refractivity contribution < 1.29 is 4.79 Å². The highest BCUT2D eigenvalue weighted by Gasteiger charge is 2.12. The third kappa shape index (κ3) is 2.67. The Morgan fingerprint density at radius 3 is 2.83 bits per heavy atom. The molecule has 0 aromatic carbocycles. The molecule has 8 nitrogen and oxygen atoms in total. The molecule has 0 saturated carbocycles. The van der Waals surface area contributed by atoms with Crippen LogP contribution in [0.3, 0.4) is 0 Å². The van der Waals surface area contributed by atoms with Crippen molar-refractivity contribution in [2.45, 2.75) is 6.54 Å². The van der Waals surface area contributed by atoms with E-state index in [0.29, 0.717) is 5.69 Å². The third-order valence-corrected chi connectivity index (χ3v) is 2.08. The second kappa shape index (κ2) is 5.04. The molecule has 0 spiro atoms. The van der Waals surface area contributed by atoms with E-state index in [1.807, 2.05) is 10.1 Å². The molecular weight excluding hydrogens is 238 g/mol. The first-order valence-corrected chi connectivity index (χ1v) is 5.04. The molecule has 3 N–H and O–H groups in total. The molecule has 2 aromatic heterocycles. The molecule has 18 heavy (non-hydrogen) atoms. The van der Waals surface area contributed by atoms with E-state index < -0.39 is 22.9 Å². The molecule has 8 heteroatoms. The zero-order chi connectivity index (χ0) is 13.0. The van der Waals surface area contributed by atoms with Gasteiger partial charge in [0, 0.05) is 6.20 Å². The number of rotatable bonds is 3. The lowest BCUT2D eigenvalue weighted by Crippen LogP contribution is -2.35. The Labute approximate surface area is 100 Å². The number of pyridine rings is 1. The van der Waals surface area contributed by atoms with Crippen LogP contribution in [0.1, 0.15) is 16.2 Å². The fourth-order valence-corrected chi connectivity index (χ4v) is 1.26. The van der Waals surface area contributed by atoms with Crippen molar-refractivity contribution in [2.75, 3.05) is 0 Å². The zero-order valence-corrected chi connectivity index (χ0v) is 9.14. The lowest BCUT2D eigenvalue weighted by atomic mass is 10.3. The highest BCUT2D eigenvalue weighted by Crippen LogP contribution is 1.92. The van der Waals surface area contributed by atoms with Crippen LogP contribution in [-0.2, 0) is 6.54 Å². The summed E-state index contributed by atoms with van der Waals surface area (Å²) >= 11 is 0.